The number of hydrogen-bond donors (Lipinski definition) is 2. The van der Waals surface area contributed by atoms with E-state index in [1.54, 1.807) is 20.3 Å². The van der Waals surface area contributed by atoms with Crippen LogP contribution in [0.1, 0.15) is 36.8 Å². The first kappa shape index (κ1) is 22.7. The Balaban J connectivity index is 1.49. The van der Waals surface area contributed by atoms with Gasteiger partial charge in [-0.05, 0) is 81.6 Å². The maximum Gasteiger partial charge on any atom is 0.319 e. The highest BCUT2D eigenvalue weighted by atomic mass is 35.5. The Bertz CT molecular complexity index is 998. The second-order valence-corrected chi connectivity index (χ2v) is 9.44. The first-order valence-corrected chi connectivity index (χ1v) is 11.5. The molecule has 3 unspecified atom stereocenters. The number of amides is 2. The van der Waals surface area contributed by atoms with E-state index in [4.69, 9.17) is 21.1 Å². The Hall–Kier alpha value is -2.44. The summed E-state index contributed by atoms with van der Waals surface area (Å²) in [5.74, 6) is 1.52. The van der Waals surface area contributed by atoms with Crippen LogP contribution in [0.4, 0.5) is 10.5 Å². The molecule has 1 saturated carbocycles. The average Bonchev–Trinajstić information content (AvgIpc) is 3.13. The van der Waals surface area contributed by atoms with Gasteiger partial charge in [0.1, 0.15) is 0 Å². The summed E-state index contributed by atoms with van der Waals surface area (Å²) in [7, 11) is 5.53. The maximum atomic E-state index is 12.7. The predicted octanol–water partition coefficient (Wildman–Crippen LogP) is 4.98. The lowest BCUT2D eigenvalue weighted by Crippen LogP contribution is -2.52. The molecule has 7 heteroatoms. The number of hydrogen-bond acceptors (Lipinski definition) is 4. The van der Waals surface area contributed by atoms with Crippen LogP contribution < -0.4 is 20.1 Å². The third-order valence-electron chi connectivity index (χ3n) is 7.27. The number of benzene rings is 2. The summed E-state index contributed by atoms with van der Waals surface area (Å²) in [4.78, 5) is 15.1. The molecule has 3 atom stereocenters. The van der Waals surface area contributed by atoms with E-state index in [1.165, 1.54) is 5.56 Å². The minimum atomic E-state index is -0.181. The van der Waals surface area contributed by atoms with Crippen LogP contribution in [0.15, 0.2) is 36.4 Å². The molecule has 1 aliphatic carbocycles. The van der Waals surface area contributed by atoms with Gasteiger partial charge in [-0.2, -0.15) is 0 Å². The van der Waals surface area contributed by atoms with Crippen LogP contribution in [0.5, 0.6) is 11.5 Å². The molecule has 6 nitrogen and oxygen atoms in total. The molecule has 4 rings (SSSR count). The monoisotopic (exact) mass is 457 g/mol. The zero-order valence-electron chi connectivity index (χ0n) is 19.2. The summed E-state index contributed by atoms with van der Waals surface area (Å²) in [5, 5.41) is 6.76. The normalized spacial score (nSPS) is 25.2. The number of anilines is 1. The Morgan fingerprint density at radius 1 is 1.12 bits per heavy atom. The van der Waals surface area contributed by atoms with Crippen LogP contribution in [0.25, 0.3) is 0 Å². The van der Waals surface area contributed by atoms with Crippen molar-refractivity contribution in [1.29, 1.82) is 0 Å². The van der Waals surface area contributed by atoms with Crippen LogP contribution >= 0.6 is 11.6 Å². The maximum absolute atomic E-state index is 12.7. The summed E-state index contributed by atoms with van der Waals surface area (Å²) in [6.07, 6.45) is 3.95. The van der Waals surface area contributed by atoms with Gasteiger partial charge in [0.2, 0.25) is 0 Å². The fourth-order valence-electron chi connectivity index (χ4n) is 5.47. The van der Waals surface area contributed by atoms with Gasteiger partial charge in [-0.1, -0.05) is 23.7 Å². The molecule has 2 aliphatic rings. The number of aryl methyl sites for hydroxylation is 1. The van der Waals surface area contributed by atoms with Crippen molar-refractivity contribution in [2.24, 2.45) is 0 Å². The summed E-state index contributed by atoms with van der Waals surface area (Å²) in [6.45, 7) is 3.00. The molecule has 0 bridgehead atoms. The molecular weight excluding hydrogens is 426 g/mol. The van der Waals surface area contributed by atoms with Crippen molar-refractivity contribution >= 4 is 23.3 Å². The Labute approximate surface area is 195 Å². The van der Waals surface area contributed by atoms with Crippen molar-refractivity contribution in [3.8, 4) is 11.5 Å². The van der Waals surface area contributed by atoms with E-state index >= 15 is 0 Å². The van der Waals surface area contributed by atoms with Gasteiger partial charge in [-0.25, -0.2) is 4.79 Å². The lowest BCUT2D eigenvalue weighted by Gasteiger charge is -2.45. The Kier molecular flexibility index (Phi) is 6.54. The van der Waals surface area contributed by atoms with E-state index in [0.717, 1.165) is 55.0 Å². The number of halogens is 1. The molecule has 172 valence electrons. The number of rotatable bonds is 5. The molecule has 2 amide bonds. The highest BCUT2D eigenvalue weighted by molar-refractivity contribution is 6.31. The van der Waals surface area contributed by atoms with E-state index in [2.05, 4.69) is 34.7 Å². The molecule has 2 fully saturated rings. The van der Waals surface area contributed by atoms with Crippen molar-refractivity contribution in [2.75, 3.05) is 33.1 Å². The molecule has 2 aromatic carbocycles. The molecular formula is C25H32ClN3O3. The fourth-order valence-corrected chi connectivity index (χ4v) is 5.64. The molecule has 2 N–H and O–H groups in total. The van der Waals surface area contributed by atoms with Crippen LogP contribution in [-0.2, 0) is 5.41 Å². The fraction of sp³-hybridized carbons (Fsp3) is 0.480. The van der Waals surface area contributed by atoms with Crippen LogP contribution in [0.3, 0.4) is 0 Å². The summed E-state index contributed by atoms with van der Waals surface area (Å²) < 4.78 is 11.0. The molecule has 0 aromatic heterocycles. The minimum Gasteiger partial charge on any atom is -0.493 e. The van der Waals surface area contributed by atoms with Gasteiger partial charge < -0.3 is 25.0 Å². The van der Waals surface area contributed by atoms with Crippen molar-refractivity contribution in [3.63, 3.8) is 0 Å². The zero-order valence-corrected chi connectivity index (χ0v) is 20.0. The number of carbonyl (C=O) groups is 1. The largest absolute Gasteiger partial charge is 0.493 e. The number of fused-ring (bicyclic) bond motifs is 1. The molecule has 1 saturated heterocycles. The van der Waals surface area contributed by atoms with Gasteiger partial charge in [0.05, 0.1) is 14.2 Å². The summed E-state index contributed by atoms with van der Waals surface area (Å²) >= 11 is 6.09. The molecule has 2 aromatic rings. The summed E-state index contributed by atoms with van der Waals surface area (Å²) in [5.41, 5.74) is 3.08. The molecule has 32 heavy (non-hydrogen) atoms. The number of nitrogens with one attached hydrogen (secondary N) is 2. The van der Waals surface area contributed by atoms with Crippen LogP contribution in [0, 0.1) is 6.92 Å². The first-order valence-electron chi connectivity index (χ1n) is 11.1. The number of ether oxygens (including phenoxy) is 2. The van der Waals surface area contributed by atoms with Gasteiger partial charge >= 0.3 is 6.03 Å². The van der Waals surface area contributed by atoms with Crippen molar-refractivity contribution in [3.05, 3.63) is 52.5 Å². The van der Waals surface area contributed by atoms with Gasteiger partial charge in [-0.15, -0.1) is 0 Å². The number of likely N-dealkylation sites (tertiary alicyclic amines) is 1. The summed E-state index contributed by atoms with van der Waals surface area (Å²) in [6, 6.07) is 12.1. The van der Waals surface area contributed by atoms with E-state index in [1.807, 2.05) is 25.1 Å². The second kappa shape index (κ2) is 9.20. The van der Waals surface area contributed by atoms with E-state index < -0.39 is 0 Å². The molecule has 0 spiro atoms. The van der Waals surface area contributed by atoms with E-state index in [-0.39, 0.29) is 17.5 Å². The SMILES string of the molecule is COc1ccc(C23CCC(NC(=O)Nc4cc(Cl)ccc4C)CC2N(C)CC3)cc1OC. The van der Waals surface area contributed by atoms with Crippen LogP contribution in [-0.4, -0.2) is 50.8 Å². The highest BCUT2D eigenvalue weighted by Gasteiger charge is 2.50. The number of likely N-dealkylation sites (N-methyl/N-ethyl adjacent to an activating group) is 1. The van der Waals surface area contributed by atoms with Gasteiger partial charge in [0, 0.05) is 28.2 Å². The second-order valence-electron chi connectivity index (χ2n) is 9.00. The number of methoxy groups -OCH3 is 2. The minimum absolute atomic E-state index is 0.0620. The van der Waals surface area contributed by atoms with Gasteiger partial charge in [0.15, 0.2) is 11.5 Å². The quantitative estimate of drug-likeness (QED) is 0.664. The van der Waals surface area contributed by atoms with E-state index in [0.29, 0.717) is 11.1 Å². The lowest BCUT2D eigenvalue weighted by atomic mass is 9.65. The van der Waals surface area contributed by atoms with Gasteiger partial charge in [-0.3, -0.25) is 0 Å². The zero-order chi connectivity index (χ0) is 22.9. The average molecular weight is 458 g/mol. The van der Waals surface area contributed by atoms with Crippen LogP contribution in [0.2, 0.25) is 5.02 Å². The van der Waals surface area contributed by atoms with Gasteiger partial charge in [0.25, 0.3) is 0 Å². The highest BCUT2D eigenvalue weighted by Crippen LogP contribution is 2.49. The third-order valence-corrected chi connectivity index (χ3v) is 7.50. The molecule has 0 radical (unpaired) electrons. The number of carbonyl (C=O) groups excluding carboxylic acids is 1. The van der Waals surface area contributed by atoms with Crippen molar-refractivity contribution < 1.29 is 14.3 Å². The first-order chi connectivity index (χ1) is 15.4. The predicted molar refractivity (Wildman–Crippen MR) is 128 cm³/mol. The third kappa shape index (κ3) is 4.26. The standard InChI is InChI=1S/C25H32ClN3O3/c1-16-5-7-18(26)14-20(16)28-24(30)27-19-9-10-25(11-12-29(2)23(25)15-19)17-6-8-21(31-3)22(13-17)32-4/h5-8,13-14,19,23H,9-12,15H2,1-4H3,(H2,27,28,30). The van der Waals surface area contributed by atoms with Crippen molar-refractivity contribution in [2.45, 2.75) is 50.1 Å². The molecule has 1 heterocycles. The topological polar surface area (TPSA) is 62.8 Å². The lowest BCUT2D eigenvalue weighted by molar-refractivity contribution is 0.156. The Morgan fingerprint density at radius 2 is 1.91 bits per heavy atom. The smallest absolute Gasteiger partial charge is 0.319 e. The number of urea groups is 1. The van der Waals surface area contributed by atoms with Crippen molar-refractivity contribution in [1.82, 2.24) is 10.2 Å². The molecule has 1 aliphatic heterocycles. The van der Waals surface area contributed by atoms with E-state index in [9.17, 15) is 4.79 Å². The Morgan fingerprint density at radius 3 is 2.66 bits per heavy atom. The number of nitrogens with zero attached hydrogens (tertiary/aromatic N) is 1.